The number of carbonyl (C=O) groups is 1. The fraction of sp³-hybridized carbons (Fsp3) is 0.476. The number of alkyl halides is 1. The maximum atomic E-state index is 13.9. The van der Waals surface area contributed by atoms with Crippen molar-refractivity contribution in [3.8, 4) is 0 Å². The minimum Gasteiger partial charge on any atom is -0.365 e. The number of hydrogen-bond acceptors (Lipinski definition) is 5. The largest absolute Gasteiger partial charge is 0.365 e. The molecule has 2 fully saturated rings. The van der Waals surface area contributed by atoms with Gasteiger partial charge in [-0.15, -0.1) is 12.4 Å². The highest BCUT2D eigenvalue weighted by Crippen LogP contribution is 2.34. The number of nitrogens with zero attached hydrogens (tertiary/aromatic N) is 3. The first kappa shape index (κ1) is 21.4. The number of ether oxygens (including phenoxy) is 1. The van der Waals surface area contributed by atoms with Crippen molar-refractivity contribution in [1.29, 1.82) is 0 Å². The number of ketones is 1. The van der Waals surface area contributed by atoms with Gasteiger partial charge in [0, 0.05) is 49.2 Å². The van der Waals surface area contributed by atoms with Crippen molar-refractivity contribution < 1.29 is 13.9 Å². The second-order valence-corrected chi connectivity index (χ2v) is 7.56. The average molecular weight is 419 g/mol. The predicted molar refractivity (Wildman–Crippen MR) is 113 cm³/mol. The van der Waals surface area contributed by atoms with E-state index in [1.165, 1.54) is 0 Å². The monoisotopic (exact) mass is 418 g/mol. The third-order valence-electron chi connectivity index (χ3n) is 5.53. The Kier molecular flexibility index (Phi) is 6.68. The van der Waals surface area contributed by atoms with E-state index < -0.39 is 12.3 Å². The molecule has 0 radical (unpaired) electrons. The molecule has 4 rings (SSSR count). The van der Waals surface area contributed by atoms with E-state index in [-0.39, 0.29) is 36.6 Å². The van der Waals surface area contributed by atoms with Gasteiger partial charge in [0.05, 0.1) is 24.7 Å². The minimum atomic E-state index is -0.975. The molecule has 2 aliphatic heterocycles. The first-order chi connectivity index (χ1) is 13.6. The highest BCUT2D eigenvalue weighted by molar-refractivity contribution is 6.00. The van der Waals surface area contributed by atoms with Gasteiger partial charge in [-0.2, -0.15) is 0 Å². The number of rotatable bonds is 4. The molecule has 2 saturated heterocycles. The Morgan fingerprint density at radius 1 is 1.38 bits per heavy atom. The predicted octanol–water partition coefficient (Wildman–Crippen LogP) is 3.32. The summed E-state index contributed by atoms with van der Waals surface area (Å²) in [6.07, 6.45) is 0.190. The molecule has 6 nitrogen and oxygen atoms in total. The van der Waals surface area contributed by atoms with E-state index in [0.29, 0.717) is 37.4 Å². The molecule has 1 aromatic carbocycles. The lowest BCUT2D eigenvalue weighted by atomic mass is 9.96. The van der Waals surface area contributed by atoms with Gasteiger partial charge in [-0.3, -0.25) is 9.78 Å². The third-order valence-corrected chi connectivity index (χ3v) is 5.53. The fourth-order valence-electron chi connectivity index (χ4n) is 4.13. The minimum absolute atomic E-state index is 0. The van der Waals surface area contributed by atoms with Crippen LogP contribution in [0.2, 0.25) is 0 Å². The summed E-state index contributed by atoms with van der Waals surface area (Å²) in [5, 5.41) is 3.88. The fourth-order valence-corrected chi connectivity index (χ4v) is 4.13. The van der Waals surface area contributed by atoms with Crippen LogP contribution < -0.4 is 10.2 Å². The SMILES string of the molecule is Cl.[C-]#[N+]c1ccc(N2C[C@@H](C)O[C@@H](C(=O)C[C@H]3CNC[C@H]3F)C2)c2cccnc12. The van der Waals surface area contributed by atoms with E-state index in [2.05, 4.69) is 20.0 Å². The molecular weight excluding hydrogens is 395 g/mol. The summed E-state index contributed by atoms with van der Waals surface area (Å²) in [6.45, 7) is 11.2. The van der Waals surface area contributed by atoms with E-state index >= 15 is 0 Å². The molecule has 29 heavy (non-hydrogen) atoms. The maximum Gasteiger partial charge on any atom is 0.213 e. The van der Waals surface area contributed by atoms with E-state index in [0.717, 1.165) is 11.1 Å². The van der Waals surface area contributed by atoms with Crippen LogP contribution in [0.25, 0.3) is 15.7 Å². The lowest BCUT2D eigenvalue weighted by Crippen LogP contribution is -2.50. The molecule has 0 saturated carbocycles. The number of Topliss-reactive ketones (excluding diaryl/α,β-unsaturated/α-hetero) is 1. The standard InChI is InChI=1S/C21H23FN4O2.ClH/c1-13-11-26(12-20(28-13)19(27)8-14-9-24-10-16(14)22)18-6-5-17(23-2)21-15(18)4-3-7-25-21;/h3-7,13-14,16,20,24H,8-12H2,1H3;1H/t13-,14+,16-,20-;/m1./s1. The van der Waals surface area contributed by atoms with Crippen molar-refractivity contribution in [3.63, 3.8) is 0 Å². The second-order valence-electron chi connectivity index (χ2n) is 7.56. The number of carbonyl (C=O) groups excluding carboxylic acids is 1. The average Bonchev–Trinajstić information content (AvgIpc) is 3.11. The van der Waals surface area contributed by atoms with Gasteiger partial charge < -0.3 is 15.0 Å². The van der Waals surface area contributed by atoms with Crippen molar-refractivity contribution in [1.82, 2.24) is 10.3 Å². The molecular formula is C21H24ClFN4O2. The number of aromatic nitrogens is 1. The van der Waals surface area contributed by atoms with Crippen LogP contribution in [0.1, 0.15) is 13.3 Å². The molecule has 3 heterocycles. The van der Waals surface area contributed by atoms with Gasteiger partial charge in [-0.05, 0) is 19.1 Å². The van der Waals surface area contributed by atoms with Crippen LogP contribution >= 0.6 is 12.4 Å². The topological polar surface area (TPSA) is 58.8 Å². The van der Waals surface area contributed by atoms with Gasteiger partial charge in [0.2, 0.25) is 5.69 Å². The first-order valence-corrected chi connectivity index (χ1v) is 9.60. The summed E-state index contributed by atoms with van der Waals surface area (Å²) in [5.74, 6) is -0.321. The van der Waals surface area contributed by atoms with Gasteiger partial charge >= 0.3 is 0 Å². The number of fused-ring (bicyclic) bond motifs is 1. The Labute approximate surface area is 175 Å². The number of benzene rings is 1. The summed E-state index contributed by atoms with van der Waals surface area (Å²) < 4.78 is 19.8. The highest BCUT2D eigenvalue weighted by atomic mass is 35.5. The van der Waals surface area contributed by atoms with Crippen molar-refractivity contribution >= 4 is 40.5 Å². The molecule has 154 valence electrons. The number of anilines is 1. The number of morpholine rings is 1. The first-order valence-electron chi connectivity index (χ1n) is 9.60. The van der Waals surface area contributed by atoms with Crippen LogP contribution in [0.15, 0.2) is 30.5 Å². The molecule has 1 N–H and O–H groups in total. The summed E-state index contributed by atoms with van der Waals surface area (Å²) in [7, 11) is 0. The molecule has 0 amide bonds. The van der Waals surface area contributed by atoms with Crippen LogP contribution in [-0.4, -0.2) is 55.3 Å². The third kappa shape index (κ3) is 4.35. The molecule has 0 aliphatic carbocycles. The smallest absolute Gasteiger partial charge is 0.213 e. The Balaban J connectivity index is 0.00000240. The van der Waals surface area contributed by atoms with Crippen LogP contribution in [0.3, 0.4) is 0 Å². The van der Waals surface area contributed by atoms with Gasteiger partial charge in [0.1, 0.15) is 12.3 Å². The maximum absolute atomic E-state index is 13.9. The van der Waals surface area contributed by atoms with Gasteiger partial charge in [-0.1, -0.05) is 12.1 Å². The number of hydrogen-bond donors (Lipinski definition) is 1. The Bertz CT molecular complexity index is 935. The molecule has 2 aliphatic rings. The summed E-state index contributed by atoms with van der Waals surface area (Å²) in [4.78, 5) is 22.8. The molecule has 8 heteroatoms. The lowest BCUT2D eigenvalue weighted by molar-refractivity contribution is -0.136. The van der Waals surface area contributed by atoms with Crippen LogP contribution in [-0.2, 0) is 9.53 Å². The zero-order valence-corrected chi connectivity index (χ0v) is 17.0. The van der Waals surface area contributed by atoms with E-state index in [1.54, 1.807) is 12.3 Å². The highest BCUT2D eigenvalue weighted by Gasteiger charge is 2.35. The molecule has 1 aromatic heterocycles. The normalized spacial score (nSPS) is 26.7. The lowest BCUT2D eigenvalue weighted by Gasteiger charge is -2.38. The Morgan fingerprint density at radius 3 is 2.93 bits per heavy atom. The quantitative estimate of drug-likeness (QED) is 0.772. The van der Waals surface area contributed by atoms with Gasteiger partial charge in [0.15, 0.2) is 5.78 Å². The second kappa shape index (κ2) is 9.04. The van der Waals surface area contributed by atoms with Crippen molar-refractivity contribution in [2.24, 2.45) is 5.92 Å². The number of nitrogens with one attached hydrogen (secondary N) is 1. The van der Waals surface area contributed by atoms with E-state index in [4.69, 9.17) is 11.3 Å². The summed E-state index contributed by atoms with van der Waals surface area (Å²) in [5.41, 5.74) is 2.11. The summed E-state index contributed by atoms with van der Waals surface area (Å²) >= 11 is 0. The van der Waals surface area contributed by atoms with Crippen LogP contribution in [0.4, 0.5) is 15.8 Å². The van der Waals surface area contributed by atoms with Crippen molar-refractivity contribution in [2.45, 2.75) is 31.7 Å². The zero-order chi connectivity index (χ0) is 19.7. The molecule has 0 bridgehead atoms. The Morgan fingerprint density at radius 2 is 2.21 bits per heavy atom. The van der Waals surface area contributed by atoms with Crippen molar-refractivity contribution in [3.05, 3.63) is 41.9 Å². The van der Waals surface area contributed by atoms with Crippen LogP contribution in [0, 0.1) is 12.5 Å². The number of pyridine rings is 1. The molecule has 4 atom stereocenters. The number of halogens is 2. The van der Waals surface area contributed by atoms with Gasteiger partial charge in [0.25, 0.3) is 0 Å². The Hall–Kier alpha value is -2.27. The molecule has 2 aromatic rings. The van der Waals surface area contributed by atoms with Gasteiger partial charge in [-0.25, -0.2) is 9.24 Å². The van der Waals surface area contributed by atoms with Crippen LogP contribution in [0.5, 0.6) is 0 Å². The van der Waals surface area contributed by atoms with E-state index in [9.17, 15) is 9.18 Å². The summed E-state index contributed by atoms with van der Waals surface area (Å²) in [6, 6.07) is 7.48. The molecule has 0 unspecified atom stereocenters. The molecule has 0 spiro atoms. The van der Waals surface area contributed by atoms with E-state index in [1.807, 2.05) is 25.1 Å². The van der Waals surface area contributed by atoms with Crippen molar-refractivity contribution in [2.75, 3.05) is 31.1 Å². The zero-order valence-electron chi connectivity index (χ0n) is 16.2.